The van der Waals surface area contributed by atoms with Gasteiger partial charge in [-0.3, -0.25) is 0 Å². The fourth-order valence-corrected chi connectivity index (χ4v) is 3.35. The maximum atomic E-state index is 6.27. The molecule has 2 aliphatic rings. The summed E-state index contributed by atoms with van der Waals surface area (Å²) in [5.74, 6) is 1.90. The summed E-state index contributed by atoms with van der Waals surface area (Å²) < 4.78 is 6.27. The Morgan fingerprint density at radius 2 is 2.00 bits per heavy atom. The molecule has 1 saturated carbocycles. The molecule has 1 fully saturated rings. The summed E-state index contributed by atoms with van der Waals surface area (Å²) in [6.45, 7) is 12.5. The van der Waals surface area contributed by atoms with Gasteiger partial charge in [0.2, 0.25) is 0 Å². The van der Waals surface area contributed by atoms with Gasteiger partial charge in [-0.05, 0) is 54.8 Å². The van der Waals surface area contributed by atoms with Gasteiger partial charge in [0.15, 0.2) is 8.32 Å². The van der Waals surface area contributed by atoms with E-state index in [0.717, 1.165) is 18.4 Å². The number of hydrogen-bond donors (Lipinski definition) is 0. The van der Waals surface area contributed by atoms with Crippen LogP contribution in [-0.2, 0) is 4.43 Å². The average Bonchev–Trinajstić information content (AvgIpc) is 2.38. The predicted octanol–water partition coefficient (Wildman–Crippen LogP) is 4.36. The fourth-order valence-electron chi connectivity index (χ4n) is 2.37. The van der Waals surface area contributed by atoms with Crippen LogP contribution in [0, 0.1) is 11.8 Å². The Balaban J connectivity index is 1.86. The minimum Gasteiger partial charge on any atom is -0.413 e. The molecule has 0 heterocycles. The Hall–Kier alpha value is -0.0831. The quantitative estimate of drug-likeness (QED) is 0.524. The summed E-state index contributed by atoms with van der Waals surface area (Å²) in [6.07, 6.45) is 6.69. The molecule has 2 rings (SSSR count). The molecule has 1 nitrogen and oxygen atoms in total. The van der Waals surface area contributed by atoms with E-state index in [1.165, 1.54) is 19.3 Å². The maximum absolute atomic E-state index is 6.27. The Kier molecular flexibility index (Phi) is 3.08. The van der Waals surface area contributed by atoms with Gasteiger partial charge in [-0.15, -0.1) is 0 Å². The van der Waals surface area contributed by atoms with Crippen molar-refractivity contribution in [2.45, 2.75) is 58.2 Å². The highest BCUT2D eigenvalue weighted by atomic mass is 28.4. The first-order valence-corrected chi connectivity index (χ1v) is 9.54. The first-order chi connectivity index (χ1) is 7.29. The summed E-state index contributed by atoms with van der Waals surface area (Å²) in [6, 6.07) is 0. The first-order valence-electron chi connectivity index (χ1n) is 6.63. The molecule has 0 radical (unpaired) electrons. The van der Waals surface area contributed by atoms with Crippen LogP contribution in [0.2, 0.25) is 18.1 Å². The van der Waals surface area contributed by atoms with E-state index in [4.69, 9.17) is 4.43 Å². The topological polar surface area (TPSA) is 9.23 Å². The zero-order chi connectivity index (χ0) is 12.0. The fraction of sp³-hybridized carbons (Fsp3) is 0.857. The van der Waals surface area contributed by atoms with Crippen molar-refractivity contribution >= 4 is 8.32 Å². The number of hydrogen-bond acceptors (Lipinski definition) is 1. The molecular weight excluding hydrogens is 212 g/mol. The van der Waals surface area contributed by atoms with Crippen molar-refractivity contribution in [1.29, 1.82) is 0 Å². The predicted molar refractivity (Wildman–Crippen MR) is 72.1 cm³/mol. The van der Waals surface area contributed by atoms with Gasteiger partial charge in [0.1, 0.15) is 0 Å². The average molecular weight is 238 g/mol. The summed E-state index contributed by atoms with van der Waals surface area (Å²) in [7, 11) is -1.54. The molecule has 0 spiro atoms. The monoisotopic (exact) mass is 238 g/mol. The number of allylic oxidation sites excluding steroid dienone is 1. The second-order valence-electron chi connectivity index (χ2n) is 7.08. The van der Waals surface area contributed by atoms with E-state index >= 15 is 0 Å². The van der Waals surface area contributed by atoms with Crippen LogP contribution in [-0.4, -0.2) is 14.9 Å². The number of fused-ring (bicyclic) bond motifs is 1. The normalized spacial score (nSPS) is 29.7. The summed E-state index contributed by atoms with van der Waals surface area (Å²) in [4.78, 5) is 0. The lowest BCUT2D eigenvalue weighted by Crippen LogP contribution is -2.41. The van der Waals surface area contributed by atoms with E-state index in [2.05, 4.69) is 39.9 Å². The molecule has 0 aromatic rings. The highest BCUT2D eigenvalue weighted by molar-refractivity contribution is 6.74. The van der Waals surface area contributed by atoms with Crippen molar-refractivity contribution in [2.24, 2.45) is 11.8 Å². The second kappa shape index (κ2) is 3.99. The Bertz CT molecular complexity index is 298. The van der Waals surface area contributed by atoms with Gasteiger partial charge in [0.25, 0.3) is 0 Å². The van der Waals surface area contributed by atoms with E-state index in [-0.39, 0.29) is 0 Å². The lowest BCUT2D eigenvalue weighted by molar-refractivity contribution is 0.243. The lowest BCUT2D eigenvalue weighted by atomic mass is 9.76. The molecule has 0 amide bonds. The van der Waals surface area contributed by atoms with Crippen LogP contribution in [0.15, 0.2) is 11.6 Å². The molecule has 92 valence electrons. The van der Waals surface area contributed by atoms with E-state index in [1.807, 2.05) is 0 Å². The smallest absolute Gasteiger partial charge is 0.192 e. The van der Waals surface area contributed by atoms with E-state index in [1.54, 1.807) is 5.57 Å². The zero-order valence-corrected chi connectivity index (χ0v) is 12.5. The minimum atomic E-state index is -1.54. The zero-order valence-electron chi connectivity index (χ0n) is 11.5. The number of rotatable bonds is 3. The molecule has 0 N–H and O–H groups in total. The third-order valence-corrected chi connectivity index (χ3v) is 9.35. The standard InChI is InChI=1S/C14H26OSi/c1-14(2,3)16(4,5)15-10-11-8-12-6-7-13(12)9-11/h8,12-13H,6-7,9-10H2,1-5H3/t12-,13+/m0/s1. The molecule has 0 saturated heterocycles. The molecule has 16 heavy (non-hydrogen) atoms. The van der Waals surface area contributed by atoms with Crippen molar-refractivity contribution in [3.63, 3.8) is 0 Å². The third kappa shape index (κ3) is 2.28. The summed E-state index contributed by atoms with van der Waals surface area (Å²) >= 11 is 0. The van der Waals surface area contributed by atoms with Gasteiger partial charge in [-0.25, -0.2) is 0 Å². The van der Waals surface area contributed by atoms with E-state index in [9.17, 15) is 0 Å². The summed E-state index contributed by atoms with van der Waals surface area (Å²) in [5, 5.41) is 0.338. The second-order valence-corrected chi connectivity index (χ2v) is 11.9. The molecule has 0 aromatic heterocycles. The van der Waals surface area contributed by atoms with Crippen LogP contribution >= 0.6 is 0 Å². The summed E-state index contributed by atoms with van der Waals surface area (Å²) in [5.41, 5.74) is 1.58. The van der Waals surface area contributed by atoms with Crippen molar-refractivity contribution in [1.82, 2.24) is 0 Å². The molecule has 2 heteroatoms. The van der Waals surface area contributed by atoms with Crippen LogP contribution in [0.25, 0.3) is 0 Å². The third-order valence-electron chi connectivity index (χ3n) is 4.88. The van der Waals surface area contributed by atoms with Gasteiger partial charge >= 0.3 is 0 Å². The van der Waals surface area contributed by atoms with Crippen molar-refractivity contribution < 1.29 is 4.43 Å². The van der Waals surface area contributed by atoms with Crippen LogP contribution in [0.5, 0.6) is 0 Å². The molecule has 0 aliphatic heterocycles. The van der Waals surface area contributed by atoms with Crippen LogP contribution in [0.4, 0.5) is 0 Å². The SMILES string of the molecule is CC(C)(C)[Si](C)(C)OCC1=C[C@@H]2CC[C@@H]2C1. The largest absolute Gasteiger partial charge is 0.413 e. The van der Waals surface area contributed by atoms with Crippen LogP contribution in [0.3, 0.4) is 0 Å². The van der Waals surface area contributed by atoms with Gasteiger partial charge in [0.05, 0.1) is 6.61 Å². The minimum absolute atomic E-state index is 0.338. The highest BCUT2D eigenvalue weighted by Crippen LogP contribution is 2.46. The Labute approximate surface area is 101 Å². The highest BCUT2D eigenvalue weighted by Gasteiger charge is 2.39. The molecular formula is C14H26OSi. The van der Waals surface area contributed by atoms with Gasteiger partial charge < -0.3 is 4.43 Å². The van der Waals surface area contributed by atoms with Crippen molar-refractivity contribution in [3.8, 4) is 0 Å². The van der Waals surface area contributed by atoms with Gasteiger partial charge in [0, 0.05) is 0 Å². The molecule has 2 atom stereocenters. The van der Waals surface area contributed by atoms with Crippen LogP contribution in [0.1, 0.15) is 40.0 Å². The van der Waals surface area contributed by atoms with E-state index in [0.29, 0.717) is 5.04 Å². The molecule has 0 aromatic carbocycles. The lowest BCUT2D eigenvalue weighted by Gasteiger charge is -2.36. The van der Waals surface area contributed by atoms with Gasteiger partial charge in [-0.2, -0.15) is 0 Å². The maximum Gasteiger partial charge on any atom is 0.192 e. The van der Waals surface area contributed by atoms with Crippen molar-refractivity contribution in [3.05, 3.63) is 11.6 Å². The molecule has 0 bridgehead atoms. The van der Waals surface area contributed by atoms with E-state index < -0.39 is 8.32 Å². The molecule has 0 unspecified atom stereocenters. The van der Waals surface area contributed by atoms with Crippen LogP contribution < -0.4 is 0 Å². The molecule has 2 aliphatic carbocycles. The van der Waals surface area contributed by atoms with Gasteiger partial charge in [-0.1, -0.05) is 26.8 Å². The Morgan fingerprint density at radius 3 is 2.38 bits per heavy atom. The van der Waals surface area contributed by atoms with Crippen molar-refractivity contribution in [2.75, 3.05) is 6.61 Å². The first kappa shape index (κ1) is 12.4. The Morgan fingerprint density at radius 1 is 1.31 bits per heavy atom.